The summed E-state index contributed by atoms with van der Waals surface area (Å²) in [5.41, 5.74) is 7.21. The first kappa shape index (κ1) is 16.3. The third kappa shape index (κ3) is 3.97. The summed E-state index contributed by atoms with van der Waals surface area (Å²) in [6.07, 6.45) is 5.18. The van der Waals surface area contributed by atoms with Gasteiger partial charge in [0.1, 0.15) is 0 Å². The molecule has 1 aromatic carbocycles. The monoisotopic (exact) mass is 358 g/mol. The molecule has 1 saturated heterocycles. The highest BCUT2D eigenvalue weighted by Crippen LogP contribution is 2.32. The molecule has 1 heterocycles. The maximum Gasteiger partial charge on any atom is 0.0485 e. The number of hydrogen-bond donors (Lipinski definition) is 1. The van der Waals surface area contributed by atoms with Gasteiger partial charge in [-0.05, 0) is 56.0 Å². The fourth-order valence-electron chi connectivity index (χ4n) is 3.15. The third-order valence-corrected chi connectivity index (χ3v) is 5.27. The number of halogens is 2. The molecule has 1 aliphatic rings. The molecule has 1 aliphatic heterocycles. The summed E-state index contributed by atoms with van der Waals surface area (Å²) in [6, 6.07) is 6.36. The summed E-state index contributed by atoms with van der Waals surface area (Å²) in [6.45, 7) is 5.18. The molecule has 2 unspecified atom stereocenters. The van der Waals surface area contributed by atoms with E-state index in [1.54, 1.807) is 0 Å². The Morgan fingerprint density at radius 3 is 2.85 bits per heavy atom. The topological polar surface area (TPSA) is 29.3 Å². The highest BCUT2D eigenvalue weighted by atomic mass is 79.9. The largest absolute Gasteiger partial charge is 0.329 e. The van der Waals surface area contributed by atoms with Crippen molar-refractivity contribution in [3.63, 3.8) is 0 Å². The average molecular weight is 360 g/mol. The van der Waals surface area contributed by atoms with E-state index in [-0.39, 0.29) is 6.04 Å². The van der Waals surface area contributed by atoms with E-state index in [9.17, 15) is 0 Å². The zero-order chi connectivity index (χ0) is 14.5. The first-order valence-corrected chi connectivity index (χ1v) is 8.71. The van der Waals surface area contributed by atoms with Gasteiger partial charge in [0.15, 0.2) is 0 Å². The van der Waals surface area contributed by atoms with Crippen LogP contribution in [0.25, 0.3) is 0 Å². The molecular weight excluding hydrogens is 336 g/mol. The van der Waals surface area contributed by atoms with Crippen LogP contribution in [-0.4, -0.2) is 24.5 Å². The molecule has 2 nitrogen and oxygen atoms in total. The van der Waals surface area contributed by atoms with Crippen LogP contribution in [0, 0.1) is 5.92 Å². The number of rotatable bonds is 4. The molecule has 0 radical (unpaired) electrons. The number of benzene rings is 1. The smallest absolute Gasteiger partial charge is 0.0485 e. The fraction of sp³-hybridized carbons (Fsp3) is 0.625. The van der Waals surface area contributed by atoms with E-state index in [0.29, 0.717) is 6.54 Å². The Morgan fingerprint density at radius 2 is 2.20 bits per heavy atom. The van der Waals surface area contributed by atoms with Crippen LogP contribution in [0.15, 0.2) is 22.7 Å². The molecule has 4 heteroatoms. The van der Waals surface area contributed by atoms with Gasteiger partial charge in [0.2, 0.25) is 0 Å². The Labute approximate surface area is 135 Å². The standard InChI is InChI=1S/C16H24BrClN2/c1-2-12-4-3-8-20(9-7-12)16(11-19)14-6-5-13(17)10-15(14)18/h5-6,10,12,16H,2-4,7-9,11,19H2,1H3. The maximum atomic E-state index is 6.41. The van der Waals surface area contributed by atoms with Gasteiger partial charge in [-0.25, -0.2) is 0 Å². The van der Waals surface area contributed by atoms with Crippen molar-refractivity contribution < 1.29 is 0 Å². The second kappa shape index (κ2) is 7.79. The van der Waals surface area contributed by atoms with Crippen molar-refractivity contribution in [2.45, 2.75) is 38.6 Å². The van der Waals surface area contributed by atoms with Crippen LogP contribution in [0.2, 0.25) is 5.02 Å². The lowest BCUT2D eigenvalue weighted by molar-refractivity contribution is 0.207. The SMILES string of the molecule is CCC1CCCN(C(CN)c2ccc(Br)cc2Cl)CC1. The Morgan fingerprint density at radius 1 is 1.40 bits per heavy atom. The lowest BCUT2D eigenvalue weighted by Crippen LogP contribution is -2.34. The van der Waals surface area contributed by atoms with Gasteiger partial charge < -0.3 is 5.73 Å². The summed E-state index contributed by atoms with van der Waals surface area (Å²) >= 11 is 9.87. The molecule has 112 valence electrons. The number of nitrogens with two attached hydrogens (primary N) is 1. The van der Waals surface area contributed by atoms with Crippen molar-refractivity contribution in [1.82, 2.24) is 4.90 Å². The Bertz CT molecular complexity index is 438. The minimum atomic E-state index is 0.242. The van der Waals surface area contributed by atoms with Gasteiger partial charge in [-0.3, -0.25) is 4.90 Å². The molecule has 2 N–H and O–H groups in total. The summed E-state index contributed by atoms with van der Waals surface area (Å²) in [5, 5.41) is 0.811. The van der Waals surface area contributed by atoms with Gasteiger partial charge in [-0.1, -0.05) is 46.9 Å². The lowest BCUT2D eigenvalue weighted by Gasteiger charge is -2.30. The Balaban J connectivity index is 2.15. The minimum Gasteiger partial charge on any atom is -0.329 e. The molecule has 0 amide bonds. The Hall–Kier alpha value is -0.0900. The summed E-state index contributed by atoms with van der Waals surface area (Å²) < 4.78 is 1.02. The quantitative estimate of drug-likeness (QED) is 0.850. The second-order valence-electron chi connectivity index (χ2n) is 5.66. The van der Waals surface area contributed by atoms with E-state index in [1.807, 2.05) is 6.07 Å². The first-order valence-electron chi connectivity index (χ1n) is 7.54. The van der Waals surface area contributed by atoms with E-state index < -0.39 is 0 Å². The van der Waals surface area contributed by atoms with Gasteiger partial charge in [-0.2, -0.15) is 0 Å². The maximum absolute atomic E-state index is 6.41. The third-order valence-electron chi connectivity index (χ3n) is 4.45. The van der Waals surface area contributed by atoms with Crippen molar-refractivity contribution >= 4 is 27.5 Å². The fourth-order valence-corrected chi connectivity index (χ4v) is 3.95. The molecule has 0 bridgehead atoms. The summed E-state index contributed by atoms with van der Waals surface area (Å²) in [5.74, 6) is 0.874. The Kier molecular flexibility index (Phi) is 6.34. The van der Waals surface area contributed by atoms with Crippen LogP contribution in [0.4, 0.5) is 0 Å². The van der Waals surface area contributed by atoms with Crippen LogP contribution in [0.3, 0.4) is 0 Å². The van der Waals surface area contributed by atoms with E-state index >= 15 is 0 Å². The van der Waals surface area contributed by atoms with Crippen LogP contribution in [0.1, 0.15) is 44.2 Å². The molecule has 0 spiro atoms. The number of likely N-dealkylation sites (tertiary alicyclic amines) is 1. The van der Waals surface area contributed by atoms with Crippen molar-refractivity contribution in [1.29, 1.82) is 0 Å². The predicted octanol–water partition coefficient (Wildman–Crippen LogP) is 4.61. The molecular formula is C16H24BrClN2. The van der Waals surface area contributed by atoms with Crippen LogP contribution in [0.5, 0.6) is 0 Å². The highest BCUT2D eigenvalue weighted by molar-refractivity contribution is 9.10. The molecule has 2 atom stereocenters. The molecule has 20 heavy (non-hydrogen) atoms. The van der Waals surface area contributed by atoms with Gasteiger partial charge >= 0.3 is 0 Å². The zero-order valence-electron chi connectivity index (χ0n) is 12.1. The van der Waals surface area contributed by atoms with Crippen molar-refractivity contribution in [2.75, 3.05) is 19.6 Å². The highest BCUT2D eigenvalue weighted by Gasteiger charge is 2.24. The van der Waals surface area contributed by atoms with Crippen LogP contribution >= 0.6 is 27.5 Å². The van der Waals surface area contributed by atoms with Gasteiger partial charge in [0.05, 0.1) is 0 Å². The van der Waals surface area contributed by atoms with Gasteiger partial charge in [0.25, 0.3) is 0 Å². The summed E-state index contributed by atoms with van der Waals surface area (Å²) in [7, 11) is 0. The zero-order valence-corrected chi connectivity index (χ0v) is 14.5. The molecule has 0 aliphatic carbocycles. The van der Waals surface area contributed by atoms with Crippen molar-refractivity contribution in [3.05, 3.63) is 33.3 Å². The molecule has 0 aromatic heterocycles. The van der Waals surface area contributed by atoms with E-state index in [1.165, 1.54) is 25.7 Å². The molecule has 1 aromatic rings. The van der Waals surface area contributed by atoms with Crippen molar-refractivity contribution in [2.24, 2.45) is 11.7 Å². The van der Waals surface area contributed by atoms with E-state index in [4.69, 9.17) is 17.3 Å². The number of nitrogens with zero attached hydrogens (tertiary/aromatic N) is 1. The normalized spacial score (nSPS) is 22.5. The number of hydrogen-bond acceptors (Lipinski definition) is 2. The van der Waals surface area contributed by atoms with E-state index in [2.05, 4.69) is 39.9 Å². The minimum absolute atomic E-state index is 0.242. The second-order valence-corrected chi connectivity index (χ2v) is 6.98. The molecule has 0 saturated carbocycles. The first-order chi connectivity index (χ1) is 9.65. The van der Waals surface area contributed by atoms with Crippen LogP contribution < -0.4 is 5.73 Å². The predicted molar refractivity (Wildman–Crippen MR) is 90.2 cm³/mol. The van der Waals surface area contributed by atoms with Crippen molar-refractivity contribution in [3.8, 4) is 0 Å². The van der Waals surface area contributed by atoms with Gasteiger partial charge in [0, 0.05) is 22.1 Å². The average Bonchev–Trinajstić information content (AvgIpc) is 2.67. The lowest BCUT2D eigenvalue weighted by atomic mass is 9.98. The molecule has 1 fully saturated rings. The van der Waals surface area contributed by atoms with Crippen LogP contribution in [-0.2, 0) is 0 Å². The van der Waals surface area contributed by atoms with E-state index in [0.717, 1.165) is 34.1 Å². The summed E-state index contributed by atoms with van der Waals surface area (Å²) in [4.78, 5) is 2.52. The molecule has 2 rings (SSSR count). The van der Waals surface area contributed by atoms with Gasteiger partial charge in [-0.15, -0.1) is 0 Å².